The van der Waals surface area contributed by atoms with Gasteiger partial charge in [-0.2, -0.15) is 5.10 Å². The fraction of sp³-hybridized carbons (Fsp3) is 0.304. The van der Waals surface area contributed by atoms with Crippen LogP contribution >= 0.6 is 11.3 Å². The quantitative estimate of drug-likeness (QED) is 0.500. The summed E-state index contributed by atoms with van der Waals surface area (Å²) < 4.78 is 0. The van der Waals surface area contributed by atoms with Crippen molar-refractivity contribution in [2.75, 3.05) is 26.2 Å². The molecule has 1 aliphatic heterocycles. The van der Waals surface area contributed by atoms with E-state index in [-0.39, 0.29) is 11.5 Å². The van der Waals surface area contributed by atoms with Crippen LogP contribution in [-0.2, 0) is 6.54 Å². The molecule has 1 amide bonds. The SMILES string of the molecule is Cc1sc2nc(CN3CCN(C(=O)c4cc(-c5ccccc5)n[nH]4)CC3)[nH]c(=O)c2c1C. The number of fused-ring (bicyclic) bond motifs is 1. The summed E-state index contributed by atoms with van der Waals surface area (Å²) in [6, 6.07) is 11.6. The lowest BCUT2D eigenvalue weighted by Crippen LogP contribution is -2.48. The van der Waals surface area contributed by atoms with Crippen molar-refractivity contribution in [3.8, 4) is 11.3 Å². The molecule has 1 saturated heterocycles. The van der Waals surface area contributed by atoms with Gasteiger partial charge in [0.1, 0.15) is 16.3 Å². The van der Waals surface area contributed by atoms with E-state index in [2.05, 4.69) is 25.1 Å². The lowest BCUT2D eigenvalue weighted by atomic mass is 10.1. The van der Waals surface area contributed by atoms with Gasteiger partial charge in [0.15, 0.2) is 0 Å². The predicted molar refractivity (Wildman–Crippen MR) is 125 cm³/mol. The molecule has 4 heterocycles. The van der Waals surface area contributed by atoms with Crippen LogP contribution in [0.2, 0.25) is 0 Å². The Balaban J connectivity index is 1.23. The second kappa shape index (κ2) is 8.33. The number of thiophene rings is 1. The molecule has 0 spiro atoms. The Labute approximate surface area is 188 Å². The summed E-state index contributed by atoms with van der Waals surface area (Å²) in [4.78, 5) is 39.0. The molecular weight excluding hydrogens is 424 g/mol. The first-order valence-electron chi connectivity index (χ1n) is 10.6. The van der Waals surface area contributed by atoms with Crippen LogP contribution in [0.15, 0.2) is 41.2 Å². The molecule has 0 saturated carbocycles. The molecule has 164 valence electrons. The van der Waals surface area contributed by atoms with Crippen molar-refractivity contribution in [1.82, 2.24) is 30.0 Å². The number of carbonyl (C=O) groups excluding carboxylic acids is 1. The first-order valence-corrected chi connectivity index (χ1v) is 11.4. The predicted octanol–water partition coefficient (Wildman–Crippen LogP) is 2.95. The Hall–Kier alpha value is -3.30. The third-order valence-corrected chi connectivity index (χ3v) is 7.10. The number of hydrogen-bond acceptors (Lipinski definition) is 6. The van der Waals surface area contributed by atoms with Crippen molar-refractivity contribution >= 4 is 27.5 Å². The number of aromatic amines is 2. The second-order valence-electron chi connectivity index (χ2n) is 8.08. The number of nitrogens with zero attached hydrogens (tertiary/aromatic N) is 4. The Bertz CT molecular complexity index is 1330. The summed E-state index contributed by atoms with van der Waals surface area (Å²) in [5.41, 5.74) is 3.16. The number of nitrogens with one attached hydrogen (secondary N) is 2. The molecule has 8 nitrogen and oxygen atoms in total. The summed E-state index contributed by atoms with van der Waals surface area (Å²) in [6.07, 6.45) is 0. The van der Waals surface area contributed by atoms with E-state index in [1.807, 2.05) is 49.1 Å². The van der Waals surface area contributed by atoms with Gasteiger partial charge in [0, 0.05) is 36.6 Å². The van der Waals surface area contributed by atoms with E-state index in [9.17, 15) is 9.59 Å². The van der Waals surface area contributed by atoms with E-state index < -0.39 is 0 Å². The van der Waals surface area contributed by atoms with Crippen LogP contribution in [0.25, 0.3) is 21.5 Å². The zero-order valence-electron chi connectivity index (χ0n) is 18.0. The number of amides is 1. The highest BCUT2D eigenvalue weighted by atomic mass is 32.1. The molecule has 0 aliphatic carbocycles. The molecule has 9 heteroatoms. The highest BCUT2D eigenvalue weighted by molar-refractivity contribution is 7.18. The summed E-state index contributed by atoms with van der Waals surface area (Å²) in [7, 11) is 0. The monoisotopic (exact) mass is 448 g/mol. The second-order valence-corrected chi connectivity index (χ2v) is 9.28. The molecule has 0 radical (unpaired) electrons. The van der Waals surface area contributed by atoms with Gasteiger partial charge in [0.25, 0.3) is 11.5 Å². The molecular formula is C23H24N6O2S. The van der Waals surface area contributed by atoms with Crippen molar-refractivity contribution in [3.63, 3.8) is 0 Å². The van der Waals surface area contributed by atoms with Crippen molar-refractivity contribution < 1.29 is 4.79 Å². The van der Waals surface area contributed by atoms with Gasteiger partial charge in [-0.1, -0.05) is 30.3 Å². The number of benzene rings is 1. The molecule has 1 fully saturated rings. The van der Waals surface area contributed by atoms with Crippen LogP contribution < -0.4 is 5.56 Å². The van der Waals surface area contributed by atoms with Gasteiger partial charge in [-0.05, 0) is 25.5 Å². The fourth-order valence-electron chi connectivity index (χ4n) is 4.05. The number of carbonyl (C=O) groups is 1. The maximum atomic E-state index is 12.9. The van der Waals surface area contributed by atoms with Crippen molar-refractivity contribution in [2.24, 2.45) is 0 Å². The average Bonchev–Trinajstić information content (AvgIpc) is 3.40. The number of rotatable bonds is 4. The van der Waals surface area contributed by atoms with E-state index in [0.717, 1.165) is 39.6 Å². The number of H-pyrrole nitrogens is 2. The van der Waals surface area contributed by atoms with Gasteiger partial charge in [-0.25, -0.2) is 4.98 Å². The zero-order valence-corrected chi connectivity index (χ0v) is 18.8. The first kappa shape index (κ1) is 20.6. The van der Waals surface area contributed by atoms with E-state index in [1.165, 1.54) is 0 Å². The van der Waals surface area contributed by atoms with Gasteiger partial charge in [0.2, 0.25) is 0 Å². The maximum Gasteiger partial charge on any atom is 0.271 e. The number of aryl methyl sites for hydroxylation is 2. The number of piperazine rings is 1. The average molecular weight is 449 g/mol. The summed E-state index contributed by atoms with van der Waals surface area (Å²) in [6.45, 7) is 7.20. The van der Waals surface area contributed by atoms with Crippen LogP contribution in [0, 0.1) is 13.8 Å². The maximum absolute atomic E-state index is 12.9. The van der Waals surface area contributed by atoms with Crippen molar-refractivity contribution in [2.45, 2.75) is 20.4 Å². The third-order valence-electron chi connectivity index (χ3n) is 6.00. The standard InChI is InChI=1S/C23H24N6O2S/c1-14-15(2)32-22-20(14)21(30)24-19(25-22)13-28-8-10-29(11-9-28)23(31)18-12-17(26-27-18)16-6-4-3-5-7-16/h3-7,12H,8-11,13H2,1-2H3,(H,26,27)(H,24,25,30). The highest BCUT2D eigenvalue weighted by Crippen LogP contribution is 2.26. The third kappa shape index (κ3) is 3.85. The molecule has 0 atom stereocenters. The normalized spacial score (nSPS) is 14.9. The Morgan fingerprint density at radius 2 is 1.88 bits per heavy atom. The van der Waals surface area contributed by atoms with Gasteiger partial charge >= 0.3 is 0 Å². The smallest absolute Gasteiger partial charge is 0.271 e. The molecule has 1 aliphatic rings. The molecule has 32 heavy (non-hydrogen) atoms. The zero-order chi connectivity index (χ0) is 22.2. The van der Waals surface area contributed by atoms with Crippen LogP contribution in [0.4, 0.5) is 0 Å². The molecule has 4 aromatic rings. The van der Waals surface area contributed by atoms with Crippen molar-refractivity contribution in [3.05, 3.63) is 68.7 Å². The Kier molecular flexibility index (Phi) is 5.36. The van der Waals surface area contributed by atoms with E-state index in [1.54, 1.807) is 17.4 Å². The van der Waals surface area contributed by atoms with Gasteiger partial charge < -0.3 is 9.88 Å². The number of aromatic nitrogens is 4. The molecule has 0 unspecified atom stereocenters. The highest BCUT2D eigenvalue weighted by Gasteiger charge is 2.24. The van der Waals surface area contributed by atoms with Crippen molar-refractivity contribution in [1.29, 1.82) is 0 Å². The molecule has 1 aromatic carbocycles. The largest absolute Gasteiger partial charge is 0.335 e. The Morgan fingerprint density at radius 3 is 2.62 bits per heavy atom. The van der Waals surface area contributed by atoms with Crippen LogP contribution in [0.1, 0.15) is 26.8 Å². The Morgan fingerprint density at radius 1 is 1.12 bits per heavy atom. The minimum atomic E-state index is -0.0749. The number of hydrogen-bond donors (Lipinski definition) is 2. The molecule has 0 bridgehead atoms. The van der Waals surface area contributed by atoms with Crippen LogP contribution in [0.3, 0.4) is 0 Å². The molecule has 5 rings (SSSR count). The lowest BCUT2D eigenvalue weighted by molar-refractivity contribution is 0.0619. The summed E-state index contributed by atoms with van der Waals surface area (Å²) >= 11 is 1.56. The van der Waals surface area contributed by atoms with Crippen LogP contribution in [-0.4, -0.2) is 62.1 Å². The molecule has 2 N–H and O–H groups in total. The summed E-state index contributed by atoms with van der Waals surface area (Å²) in [5.74, 6) is 0.626. The fourth-order valence-corrected chi connectivity index (χ4v) is 5.10. The van der Waals surface area contributed by atoms with Gasteiger partial charge in [-0.3, -0.25) is 19.6 Å². The van der Waals surface area contributed by atoms with Crippen LogP contribution in [0.5, 0.6) is 0 Å². The minimum Gasteiger partial charge on any atom is -0.335 e. The van der Waals surface area contributed by atoms with E-state index in [4.69, 9.17) is 0 Å². The molecule has 3 aromatic heterocycles. The topological polar surface area (TPSA) is 98.0 Å². The summed E-state index contributed by atoms with van der Waals surface area (Å²) in [5, 5.41) is 7.86. The lowest BCUT2D eigenvalue weighted by Gasteiger charge is -2.34. The van der Waals surface area contributed by atoms with Gasteiger partial charge in [-0.15, -0.1) is 11.3 Å². The first-order chi connectivity index (χ1) is 15.5. The minimum absolute atomic E-state index is 0.0446. The van der Waals surface area contributed by atoms with E-state index >= 15 is 0 Å². The van der Waals surface area contributed by atoms with Gasteiger partial charge in [0.05, 0.1) is 17.6 Å². The van der Waals surface area contributed by atoms with E-state index in [0.29, 0.717) is 36.5 Å².